The molecular formula is C15H22O3. The van der Waals surface area contributed by atoms with Crippen LogP contribution in [0.2, 0.25) is 0 Å². The van der Waals surface area contributed by atoms with Gasteiger partial charge in [0.05, 0.1) is 13.2 Å². The summed E-state index contributed by atoms with van der Waals surface area (Å²) in [6, 6.07) is 6.09. The number of fused-ring (bicyclic) bond motifs is 1. The smallest absolute Gasteiger partial charge is 0.161 e. The molecular weight excluding hydrogens is 228 g/mol. The lowest BCUT2D eigenvalue weighted by atomic mass is 9.90. The highest BCUT2D eigenvalue weighted by Gasteiger charge is 2.15. The van der Waals surface area contributed by atoms with E-state index < -0.39 is 0 Å². The normalized spacial score (nSPS) is 16.4. The summed E-state index contributed by atoms with van der Waals surface area (Å²) in [7, 11) is 0. The van der Waals surface area contributed by atoms with E-state index >= 15 is 0 Å². The molecule has 3 heteroatoms. The van der Waals surface area contributed by atoms with Gasteiger partial charge in [-0.2, -0.15) is 0 Å². The van der Waals surface area contributed by atoms with E-state index in [0.29, 0.717) is 18.4 Å². The third-order valence-corrected chi connectivity index (χ3v) is 3.49. The first-order valence-corrected chi connectivity index (χ1v) is 6.70. The van der Waals surface area contributed by atoms with Crippen LogP contribution in [0.3, 0.4) is 0 Å². The van der Waals surface area contributed by atoms with Crippen LogP contribution >= 0.6 is 0 Å². The lowest BCUT2D eigenvalue weighted by Gasteiger charge is -2.18. The van der Waals surface area contributed by atoms with E-state index in [1.54, 1.807) is 0 Å². The van der Waals surface area contributed by atoms with Gasteiger partial charge < -0.3 is 14.6 Å². The van der Waals surface area contributed by atoms with Gasteiger partial charge in [-0.1, -0.05) is 19.9 Å². The molecule has 0 radical (unpaired) electrons. The molecule has 0 fully saturated rings. The lowest BCUT2D eigenvalue weighted by Crippen LogP contribution is -2.16. The second-order valence-electron chi connectivity index (χ2n) is 5.22. The minimum Gasteiger partial charge on any atom is -0.490 e. The van der Waals surface area contributed by atoms with E-state index in [1.807, 2.05) is 12.1 Å². The van der Waals surface area contributed by atoms with Crippen molar-refractivity contribution in [2.24, 2.45) is 11.8 Å². The zero-order valence-electron chi connectivity index (χ0n) is 11.2. The summed E-state index contributed by atoms with van der Waals surface area (Å²) in [5.74, 6) is 2.45. The van der Waals surface area contributed by atoms with Crippen LogP contribution in [0, 0.1) is 11.8 Å². The molecule has 0 saturated carbocycles. The van der Waals surface area contributed by atoms with Gasteiger partial charge in [-0.3, -0.25) is 0 Å². The first-order chi connectivity index (χ1) is 8.70. The summed E-state index contributed by atoms with van der Waals surface area (Å²) < 4.78 is 11.3. The van der Waals surface area contributed by atoms with Crippen molar-refractivity contribution < 1.29 is 14.6 Å². The summed E-state index contributed by atoms with van der Waals surface area (Å²) in [5, 5.41) is 9.39. The molecule has 0 aromatic heterocycles. The van der Waals surface area contributed by atoms with Crippen LogP contribution in [0.1, 0.15) is 25.8 Å². The fourth-order valence-electron chi connectivity index (χ4n) is 2.15. The molecule has 100 valence electrons. The number of rotatable bonds is 4. The van der Waals surface area contributed by atoms with Gasteiger partial charge in [0.2, 0.25) is 0 Å². The molecule has 1 heterocycles. The lowest BCUT2D eigenvalue weighted by molar-refractivity contribution is 0.189. The minimum absolute atomic E-state index is 0.228. The van der Waals surface area contributed by atoms with Crippen molar-refractivity contribution in [2.75, 3.05) is 19.8 Å². The average molecular weight is 250 g/mol. The molecule has 1 unspecified atom stereocenters. The van der Waals surface area contributed by atoms with E-state index in [2.05, 4.69) is 19.9 Å². The van der Waals surface area contributed by atoms with Crippen molar-refractivity contribution in [3.05, 3.63) is 23.8 Å². The Labute approximate surface area is 109 Å². The van der Waals surface area contributed by atoms with Crippen LogP contribution in [-0.4, -0.2) is 24.9 Å². The van der Waals surface area contributed by atoms with E-state index in [4.69, 9.17) is 9.47 Å². The summed E-state index contributed by atoms with van der Waals surface area (Å²) in [6.07, 6.45) is 1.81. The Hall–Kier alpha value is -1.22. The number of ether oxygens (including phenoxy) is 2. The third kappa shape index (κ3) is 3.16. The zero-order chi connectivity index (χ0) is 13.0. The molecule has 0 bridgehead atoms. The van der Waals surface area contributed by atoms with Crippen LogP contribution in [0.25, 0.3) is 0 Å². The van der Waals surface area contributed by atoms with Crippen molar-refractivity contribution >= 4 is 0 Å². The van der Waals surface area contributed by atoms with Gasteiger partial charge in [0, 0.05) is 13.0 Å². The average Bonchev–Trinajstić information content (AvgIpc) is 2.60. The maximum Gasteiger partial charge on any atom is 0.161 e. The van der Waals surface area contributed by atoms with Gasteiger partial charge in [0.25, 0.3) is 0 Å². The van der Waals surface area contributed by atoms with E-state index in [-0.39, 0.29) is 6.61 Å². The van der Waals surface area contributed by atoms with Crippen molar-refractivity contribution in [2.45, 2.75) is 26.7 Å². The SMILES string of the molecule is CC(C)C(CO)Cc1ccc2c(c1)OCCCO2. The maximum absolute atomic E-state index is 9.39. The standard InChI is InChI=1S/C15H22O3/c1-11(2)13(10-16)8-12-4-5-14-15(9-12)18-7-3-6-17-14/h4-5,9,11,13,16H,3,6-8,10H2,1-2H3. The van der Waals surface area contributed by atoms with Gasteiger partial charge in [-0.25, -0.2) is 0 Å². The third-order valence-electron chi connectivity index (χ3n) is 3.49. The quantitative estimate of drug-likeness (QED) is 0.893. The summed E-state index contributed by atoms with van der Waals surface area (Å²) in [5.41, 5.74) is 1.20. The van der Waals surface area contributed by atoms with Crippen LogP contribution < -0.4 is 9.47 Å². The van der Waals surface area contributed by atoms with Gasteiger partial charge in [-0.15, -0.1) is 0 Å². The predicted octanol–water partition coefficient (Wildman–Crippen LogP) is 2.65. The molecule has 1 aliphatic heterocycles. The Kier molecular flexibility index (Phi) is 4.48. The molecule has 0 aliphatic carbocycles. The maximum atomic E-state index is 9.39. The van der Waals surface area contributed by atoms with Crippen LogP contribution in [0.4, 0.5) is 0 Å². The number of aliphatic hydroxyl groups is 1. The van der Waals surface area contributed by atoms with Crippen molar-refractivity contribution in [1.82, 2.24) is 0 Å². The molecule has 1 aromatic carbocycles. The van der Waals surface area contributed by atoms with E-state index in [1.165, 1.54) is 5.56 Å². The van der Waals surface area contributed by atoms with Gasteiger partial charge in [0.15, 0.2) is 11.5 Å². The predicted molar refractivity (Wildman–Crippen MR) is 71.2 cm³/mol. The molecule has 0 saturated heterocycles. The molecule has 1 aromatic rings. The molecule has 0 spiro atoms. The summed E-state index contributed by atoms with van der Waals surface area (Å²) >= 11 is 0. The molecule has 3 nitrogen and oxygen atoms in total. The molecule has 1 aliphatic rings. The highest BCUT2D eigenvalue weighted by atomic mass is 16.5. The molecule has 1 atom stereocenters. The molecule has 18 heavy (non-hydrogen) atoms. The van der Waals surface area contributed by atoms with Crippen molar-refractivity contribution in [3.8, 4) is 11.5 Å². The second kappa shape index (κ2) is 6.10. The highest BCUT2D eigenvalue weighted by Crippen LogP contribution is 2.31. The molecule has 0 amide bonds. The molecule has 2 rings (SSSR count). The van der Waals surface area contributed by atoms with Crippen LogP contribution in [0.15, 0.2) is 18.2 Å². The first kappa shape index (κ1) is 13.2. The van der Waals surface area contributed by atoms with Gasteiger partial charge in [-0.05, 0) is 36.0 Å². The monoisotopic (exact) mass is 250 g/mol. The molecule has 1 N–H and O–H groups in total. The van der Waals surface area contributed by atoms with E-state index in [0.717, 1.165) is 30.9 Å². The van der Waals surface area contributed by atoms with Crippen molar-refractivity contribution in [1.29, 1.82) is 0 Å². The number of hydrogen-bond donors (Lipinski definition) is 1. The first-order valence-electron chi connectivity index (χ1n) is 6.70. The van der Waals surface area contributed by atoms with Gasteiger partial charge in [0.1, 0.15) is 0 Å². The highest BCUT2D eigenvalue weighted by molar-refractivity contribution is 5.43. The number of aliphatic hydroxyl groups excluding tert-OH is 1. The number of hydrogen-bond acceptors (Lipinski definition) is 3. The van der Waals surface area contributed by atoms with E-state index in [9.17, 15) is 5.11 Å². The van der Waals surface area contributed by atoms with Gasteiger partial charge >= 0.3 is 0 Å². The Bertz CT molecular complexity index is 387. The fraction of sp³-hybridized carbons (Fsp3) is 0.600. The number of benzene rings is 1. The van der Waals surface area contributed by atoms with Crippen molar-refractivity contribution in [3.63, 3.8) is 0 Å². The largest absolute Gasteiger partial charge is 0.490 e. The minimum atomic E-state index is 0.228. The second-order valence-corrected chi connectivity index (χ2v) is 5.22. The Morgan fingerprint density at radius 2 is 1.89 bits per heavy atom. The summed E-state index contributed by atoms with van der Waals surface area (Å²) in [4.78, 5) is 0. The Balaban J connectivity index is 2.12. The summed E-state index contributed by atoms with van der Waals surface area (Å²) in [6.45, 7) is 5.95. The van der Waals surface area contributed by atoms with Crippen LogP contribution in [-0.2, 0) is 6.42 Å². The fourth-order valence-corrected chi connectivity index (χ4v) is 2.15. The topological polar surface area (TPSA) is 38.7 Å². The zero-order valence-corrected chi connectivity index (χ0v) is 11.2. The Morgan fingerprint density at radius 1 is 1.17 bits per heavy atom. The Morgan fingerprint density at radius 3 is 2.56 bits per heavy atom. The van der Waals surface area contributed by atoms with Crippen LogP contribution in [0.5, 0.6) is 11.5 Å².